The van der Waals surface area contributed by atoms with Gasteiger partial charge in [-0.1, -0.05) is 67.1 Å². The van der Waals surface area contributed by atoms with Crippen molar-refractivity contribution < 1.29 is 0 Å². The Balaban J connectivity index is 2.31. The zero-order chi connectivity index (χ0) is 14.5. The largest absolute Gasteiger partial charge is 0.310 e. The van der Waals surface area contributed by atoms with Crippen molar-refractivity contribution in [2.45, 2.75) is 52.0 Å². The van der Waals surface area contributed by atoms with Crippen molar-refractivity contribution in [1.29, 1.82) is 0 Å². The lowest BCUT2D eigenvalue weighted by molar-refractivity contribution is 0.177. The highest BCUT2D eigenvalue weighted by Gasteiger charge is 2.32. The van der Waals surface area contributed by atoms with Crippen molar-refractivity contribution >= 4 is 27.5 Å². The molecular formula is C17H25BrClN. The van der Waals surface area contributed by atoms with E-state index in [0.717, 1.165) is 22.0 Å². The maximum atomic E-state index is 6.48. The second kappa shape index (κ2) is 7.82. The van der Waals surface area contributed by atoms with E-state index in [1.807, 2.05) is 12.1 Å². The molecule has 0 heterocycles. The Bertz CT molecular complexity index is 435. The highest BCUT2D eigenvalue weighted by Crippen LogP contribution is 2.42. The maximum absolute atomic E-state index is 6.48. The van der Waals surface area contributed by atoms with E-state index in [-0.39, 0.29) is 0 Å². The zero-order valence-corrected chi connectivity index (χ0v) is 14.8. The van der Waals surface area contributed by atoms with Gasteiger partial charge in [0.15, 0.2) is 0 Å². The van der Waals surface area contributed by atoms with Gasteiger partial charge >= 0.3 is 0 Å². The van der Waals surface area contributed by atoms with Gasteiger partial charge in [-0.15, -0.1) is 0 Å². The molecule has 0 aromatic heterocycles. The molecule has 0 saturated heterocycles. The average Bonchev–Trinajstić information content (AvgIpc) is 2.47. The summed E-state index contributed by atoms with van der Waals surface area (Å²) in [6.07, 6.45) is 6.71. The summed E-state index contributed by atoms with van der Waals surface area (Å²) in [7, 11) is 0. The molecule has 20 heavy (non-hydrogen) atoms. The lowest BCUT2D eigenvalue weighted by atomic mass is 9.72. The zero-order valence-electron chi connectivity index (χ0n) is 12.5. The summed E-state index contributed by atoms with van der Waals surface area (Å²) in [4.78, 5) is 0. The van der Waals surface area contributed by atoms with Gasteiger partial charge in [0.1, 0.15) is 0 Å². The number of nitrogens with one attached hydrogen (secondary N) is 1. The van der Waals surface area contributed by atoms with Crippen molar-refractivity contribution in [3.05, 3.63) is 33.3 Å². The van der Waals surface area contributed by atoms with Gasteiger partial charge in [0.05, 0.1) is 0 Å². The van der Waals surface area contributed by atoms with Gasteiger partial charge < -0.3 is 5.32 Å². The van der Waals surface area contributed by atoms with E-state index in [1.165, 1.54) is 37.7 Å². The monoisotopic (exact) mass is 357 g/mol. The first-order valence-electron chi connectivity index (χ1n) is 7.85. The topological polar surface area (TPSA) is 12.0 Å². The minimum absolute atomic E-state index is 0.384. The van der Waals surface area contributed by atoms with Crippen LogP contribution in [0.2, 0.25) is 5.02 Å². The normalized spacial score (nSPS) is 24.6. The van der Waals surface area contributed by atoms with Crippen LogP contribution in [0.25, 0.3) is 0 Å². The van der Waals surface area contributed by atoms with Crippen molar-refractivity contribution in [2.75, 3.05) is 6.54 Å². The van der Waals surface area contributed by atoms with Crippen LogP contribution in [0, 0.1) is 11.8 Å². The van der Waals surface area contributed by atoms with Crippen LogP contribution in [0.15, 0.2) is 22.7 Å². The Morgan fingerprint density at radius 2 is 2.05 bits per heavy atom. The Kier molecular flexibility index (Phi) is 6.38. The number of hydrogen-bond acceptors (Lipinski definition) is 1. The molecule has 0 bridgehead atoms. The SMILES string of the molecule is CCNC(c1cc(Br)ccc1Cl)C1CCCCC1CC. The van der Waals surface area contributed by atoms with Crippen LogP contribution >= 0.6 is 27.5 Å². The molecule has 3 heteroatoms. The second-order valence-electron chi connectivity index (χ2n) is 5.82. The Labute approximate surface area is 136 Å². The van der Waals surface area contributed by atoms with Crippen LogP contribution in [-0.4, -0.2) is 6.54 Å². The minimum atomic E-state index is 0.384. The van der Waals surface area contributed by atoms with Crippen molar-refractivity contribution in [2.24, 2.45) is 11.8 Å². The standard InChI is InChI=1S/C17H25BrClN/c1-3-12-7-5-6-8-14(12)17(20-4-2)15-11-13(18)9-10-16(15)19/h9-12,14,17,20H,3-8H2,1-2H3. The molecule has 1 N–H and O–H groups in total. The van der Waals surface area contributed by atoms with E-state index in [0.29, 0.717) is 12.0 Å². The molecule has 1 aliphatic carbocycles. The fraction of sp³-hybridized carbons (Fsp3) is 0.647. The fourth-order valence-electron chi connectivity index (χ4n) is 3.65. The fourth-order valence-corrected chi connectivity index (χ4v) is 4.26. The van der Waals surface area contributed by atoms with Crippen LogP contribution in [0.1, 0.15) is 57.6 Å². The van der Waals surface area contributed by atoms with Crippen LogP contribution in [-0.2, 0) is 0 Å². The predicted molar refractivity (Wildman–Crippen MR) is 91.3 cm³/mol. The van der Waals surface area contributed by atoms with Crippen LogP contribution in [0.4, 0.5) is 0 Å². The first kappa shape index (κ1) is 16.3. The maximum Gasteiger partial charge on any atom is 0.0454 e. The number of halogens is 2. The van der Waals surface area contributed by atoms with E-state index in [2.05, 4.69) is 41.2 Å². The highest BCUT2D eigenvalue weighted by atomic mass is 79.9. The third-order valence-corrected chi connectivity index (χ3v) is 5.48. The van der Waals surface area contributed by atoms with Gasteiger partial charge in [0, 0.05) is 15.5 Å². The second-order valence-corrected chi connectivity index (χ2v) is 7.14. The molecular weight excluding hydrogens is 334 g/mol. The van der Waals surface area contributed by atoms with Crippen LogP contribution in [0.3, 0.4) is 0 Å². The molecule has 2 rings (SSSR count). The third-order valence-electron chi connectivity index (χ3n) is 4.64. The lowest BCUT2D eigenvalue weighted by Crippen LogP contribution is -2.34. The van der Waals surface area contributed by atoms with Gasteiger partial charge in [-0.2, -0.15) is 0 Å². The summed E-state index contributed by atoms with van der Waals surface area (Å²) < 4.78 is 1.11. The van der Waals surface area contributed by atoms with Gasteiger partial charge in [-0.3, -0.25) is 0 Å². The Hall–Kier alpha value is -0.0500. The summed E-state index contributed by atoms with van der Waals surface area (Å²) in [5.41, 5.74) is 1.26. The third kappa shape index (κ3) is 3.78. The summed E-state index contributed by atoms with van der Waals surface area (Å²) >= 11 is 10.1. The lowest BCUT2D eigenvalue weighted by Gasteiger charge is -2.38. The summed E-state index contributed by atoms with van der Waals surface area (Å²) in [5.74, 6) is 1.53. The molecule has 3 atom stereocenters. The molecule has 1 aliphatic rings. The number of benzene rings is 1. The summed E-state index contributed by atoms with van der Waals surface area (Å²) in [5, 5.41) is 4.58. The van der Waals surface area contributed by atoms with Gasteiger partial charge in [0.25, 0.3) is 0 Å². The Morgan fingerprint density at radius 3 is 2.75 bits per heavy atom. The summed E-state index contributed by atoms with van der Waals surface area (Å²) in [6, 6.07) is 6.61. The van der Waals surface area contributed by atoms with E-state index >= 15 is 0 Å². The van der Waals surface area contributed by atoms with Gasteiger partial charge in [0.2, 0.25) is 0 Å². The van der Waals surface area contributed by atoms with Crippen LogP contribution < -0.4 is 5.32 Å². The van der Waals surface area contributed by atoms with Crippen molar-refractivity contribution in [3.8, 4) is 0 Å². The van der Waals surface area contributed by atoms with E-state index in [9.17, 15) is 0 Å². The van der Waals surface area contributed by atoms with Crippen molar-refractivity contribution in [1.82, 2.24) is 5.32 Å². The predicted octanol–water partition coefficient (Wildman–Crippen LogP) is 5.97. The number of hydrogen-bond donors (Lipinski definition) is 1. The molecule has 1 nitrogen and oxygen atoms in total. The molecule has 0 spiro atoms. The van der Waals surface area contributed by atoms with E-state index in [1.54, 1.807) is 0 Å². The molecule has 1 aromatic rings. The smallest absolute Gasteiger partial charge is 0.0454 e. The molecule has 3 unspecified atom stereocenters. The first-order valence-corrected chi connectivity index (χ1v) is 9.02. The quantitative estimate of drug-likeness (QED) is 0.683. The highest BCUT2D eigenvalue weighted by molar-refractivity contribution is 9.10. The number of rotatable bonds is 5. The molecule has 112 valence electrons. The molecule has 0 radical (unpaired) electrons. The van der Waals surface area contributed by atoms with E-state index in [4.69, 9.17) is 11.6 Å². The van der Waals surface area contributed by atoms with Gasteiger partial charge in [-0.25, -0.2) is 0 Å². The molecule has 1 saturated carbocycles. The molecule has 1 fully saturated rings. The molecule has 1 aromatic carbocycles. The van der Waals surface area contributed by atoms with E-state index < -0.39 is 0 Å². The molecule has 0 amide bonds. The Morgan fingerprint density at radius 1 is 1.30 bits per heavy atom. The summed E-state index contributed by atoms with van der Waals surface area (Å²) in [6.45, 7) is 5.50. The molecule has 0 aliphatic heterocycles. The average molecular weight is 359 g/mol. The van der Waals surface area contributed by atoms with Crippen molar-refractivity contribution in [3.63, 3.8) is 0 Å². The van der Waals surface area contributed by atoms with Gasteiger partial charge in [-0.05, 0) is 48.6 Å². The minimum Gasteiger partial charge on any atom is -0.310 e. The first-order chi connectivity index (χ1) is 9.67. The van der Waals surface area contributed by atoms with Crippen LogP contribution in [0.5, 0.6) is 0 Å².